The summed E-state index contributed by atoms with van der Waals surface area (Å²) >= 11 is 13.2. The van der Waals surface area contributed by atoms with Gasteiger partial charge in [0.1, 0.15) is 0 Å². The molecule has 0 aliphatic heterocycles. The van der Waals surface area contributed by atoms with Gasteiger partial charge >= 0.3 is 0 Å². The fourth-order valence-corrected chi connectivity index (χ4v) is 4.10. The number of fused-ring (bicyclic) bond motifs is 3. The lowest BCUT2D eigenvalue weighted by atomic mass is 9.86. The molecule has 1 nitrogen and oxygen atoms in total. The van der Waals surface area contributed by atoms with Crippen LogP contribution >= 0.6 is 23.2 Å². The summed E-state index contributed by atoms with van der Waals surface area (Å²) in [6.07, 6.45) is 0. The number of nitrogens with one attached hydrogen (secondary N) is 1. The van der Waals surface area contributed by atoms with Gasteiger partial charge in [-0.15, -0.1) is 0 Å². The van der Waals surface area contributed by atoms with Crippen molar-refractivity contribution in [2.24, 2.45) is 0 Å². The molecular formula is C22H19Cl2N. The standard InChI is InChI=1S/C22H19Cl2N/c1-22(2,3)17-11-10-14(20(23)21(17)24)13-8-9-16-15-6-4-5-7-18(15)25-19(16)12-13/h4-12,25H,1-3H3. The van der Waals surface area contributed by atoms with Crippen LogP contribution < -0.4 is 0 Å². The molecule has 0 fully saturated rings. The molecule has 3 heteroatoms. The van der Waals surface area contributed by atoms with Crippen molar-refractivity contribution in [1.29, 1.82) is 0 Å². The van der Waals surface area contributed by atoms with E-state index in [4.69, 9.17) is 23.2 Å². The molecule has 0 amide bonds. The second kappa shape index (κ2) is 5.79. The highest BCUT2D eigenvalue weighted by Gasteiger charge is 2.21. The minimum atomic E-state index is -0.0413. The molecular weight excluding hydrogens is 349 g/mol. The minimum Gasteiger partial charge on any atom is -0.354 e. The van der Waals surface area contributed by atoms with E-state index in [2.05, 4.69) is 74.3 Å². The van der Waals surface area contributed by atoms with Crippen LogP contribution in [0.5, 0.6) is 0 Å². The number of halogens is 2. The average molecular weight is 368 g/mol. The Labute approximate surface area is 157 Å². The van der Waals surface area contributed by atoms with Crippen LogP contribution in [-0.4, -0.2) is 4.98 Å². The molecule has 3 aromatic carbocycles. The number of hydrogen-bond acceptors (Lipinski definition) is 0. The van der Waals surface area contributed by atoms with Gasteiger partial charge in [0.2, 0.25) is 0 Å². The van der Waals surface area contributed by atoms with E-state index in [1.807, 2.05) is 6.07 Å². The highest BCUT2D eigenvalue weighted by molar-refractivity contribution is 6.44. The zero-order valence-corrected chi connectivity index (χ0v) is 16.0. The summed E-state index contributed by atoms with van der Waals surface area (Å²) < 4.78 is 0. The zero-order chi connectivity index (χ0) is 17.8. The summed E-state index contributed by atoms with van der Waals surface area (Å²) in [4.78, 5) is 3.48. The normalized spacial score (nSPS) is 12.2. The number of para-hydroxylation sites is 1. The van der Waals surface area contributed by atoms with Crippen molar-refractivity contribution in [2.45, 2.75) is 26.2 Å². The molecule has 0 spiro atoms. The van der Waals surface area contributed by atoms with Crippen LogP contribution in [0.15, 0.2) is 54.6 Å². The molecule has 0 radical (unpaired) electrons. The third-order valence-corrected chi connectivity index (χ3v) is 5.59. The predicted octanol–water partition coefficient (Wildman–Crippen LogP) is 7.59. The molecule has 0 bridgehead atoms. The van der Waals surface area contributed by atoms with Crippen molar-refractivity contribution >= 4 is 45.0 Å². The molecule has 0 saturated heterocycles. The Morgan fingerprint density at radius 2 is 1.48 bits per heavy atom. The van der Waals surface area contributed by atoms with Crippen molar-refractivity contribution in [2.75, 3.05) is 0 Å². The average Bonchev–Trinajstić information content (AvgIpc) is 2.93. The third kappa shape index (κ3) is 2.72. The Bertz CT molecular complexity index is 1100. The van der Waals surface area contributed by atoms with Crippen molar-refractivity contribution in [1.82, 2.24) is 4.98 Å². The molecule has 1 heterocycles. The van der Waals surface area contributed by atoms with Crippen LogP contribution in [0.25, 0.3) is 32.9 Å². The first-order valence-electron chi connectivity index (χ1n) is 8.35. The number of aromatic amines is 1. The maximum atomic E-state index is 6.63. The topological polar surface area (TPSA) is 15.8 Å². The molecule has 4 rings (SSSR count). The van der Waals surface area contributed by atoms with Gasteiger partial charge in [-0.2, -0.15) is 0 Å². The molecule has 4 aromatic rings. The lowest BCUT2D eigenvalue weighted by Crippen LogP contribution is -2.12. The van der Waals surface area contributed by atoms with Crippen molar-refractivity contribution < 1.29 is 0 Å². The van der Waals surface area contributed by atoms with Gasteiger partial charge in [-0.05, 0) is 28.7 Å². The Morgan fingerprint density at radius 1 is 0.760 bits per heavy atom. The van der Waals surface area contributed by atoms with Gasteiger partial charge < -0.3 is 4.98 Å². The highest BCUT2D eigenvalue weighted by atomic mass is 35.5. The third-order valence-electron chi connectivity index (χ3n) is 4.71. The van der Waals surface area contributed by atoms with Crippen LogP contribution in [0.1, 0.15) is 26.3 Å². The Balaban J connectivity index is 1.90. The lowest BCUT2D eigenvalue weighted by Gasteiger charge is -2.22. The Morgan fingerprint density at radius 3 is 2.24 bits per heavy atom. The van der Waals surface area contributed by atoms with Crippen molar-refractivity contribution in [3.8, 4) is 11.1 Å². The summed E-state index contributed by atoms with van der Waals surface area (Å²) in [6.45, 7) is 6.42. The van der Waals surface area contributed by atoms with E-state index in [-0.39, 0.29) is 5.41 Å². The van der Waals surface area contributed by atoms with E-state index in [0.29, 0.717) is 10.0 Å². The van der Waals surface area contributed by atoms with Crippen LogP contribution in [0.2, 0.25) is 10.0 Å². The van der Waals surface area contributed by atoms with Crippen LogP contribution in [-0.2, 0) is 5.41 Å². The quantitative estimate of drug-likeness (QED) is 0.356. The first-order valence-corrected chi connectivity index (χ1v) is 9.11. The Kier molecular flexibility index (Phi) is 3.82. The molecule has 0 aliphatic rings. The number of benzene rings is 3. The minimum absolute atomic E-state index is 0.0413. The number of H-pyrrole nitrogens is 1. The van der Waals surface area contributed by atoms with E-state index >= 15 is 0 Å². The molecule has 1 N–H and O–H groups in total. The van der Waals surface area contributed by atoms with Gasteiger partial charge in [0.15, 0.2) is 0 Å². The Hall–Kier alpha value is -1.96. The largest absolute Gasteiger partial charge is 0.354 e. The number of rotatable bonds is 1. The van der Waals surface area contributed by atoms with Gasteiger partial charge in [0, 0.05) is 27.4 Å². The fourth-order valence-electron chi connectivity index (χ4n) is 3.37. The first-order chi connectivity index (χ1) is 11.9. The first kappa shape index (κ1) is 16.5. The maximum Gasteiger partial charge on any atom is 0.0673 e. The summed E-state index contributed by atoms with van der Waals surface area (Å²) in [7, 11) is 0. The smallest absolute Gasteiger partial charge is 0.0673 e. The maximum absolute atomic E-state index is 6.63. The van der Waals surface area contributed by atoms with Crippen LogP contribution in [0.4, 0.5) is 0 Å². The van der Waals surface area contributed by atoms with Gasteiger partial charge in [-0.3, -0.25) is 0 Å². The monoisotopic (exact) mass is 367 g/mol. The highest BCUT2D eigenvalue weighted by Crippen LogP contribution is 2.41. The van der Waals surface area contributed by atoms with Gasteiger partial charge in [0.25, 0.3) is 0 Å². The van der Waals surface area contributed by atoms with Gasteiger partial charge in [0.05, 0.1) is 10.0 Å². The molecule has 0 saturated carbocycles. The van der Waals surface area contributed by atoms with Crippen LogP contribution in [0, 0.1) is 0 Å². The summed E-state index contributed by atoms with van der Waals surface area (Å²) in [5.74, 6) is 0. The molecule has 0 atom stereocenters. The second-order valence-electron chi connectivity index (χ2n) is 7.47. The molecule has 126 valence electrons. The van der Waals surface area contributed by atoms with Crippen molar-refractivity contribution in [3.05, 3.63) is 70.2 Å². The summed E-state index contributed by atoms with van der Waals surface area (Å²) in [5.41, 5.74) is 5.29. The van der Waals surface area contributed by atoms with Gasteiger partial charge in [-0.1, -0.05) is 86.4 Å². The number of hydrogen-bond donors (Lipinski definition) is 1. The van der Waals surface area contributed by atoms with Crippen molar-refractivity contribution in [3.63, 3.8) is 0 Å². The second-order valence-corrected chi connectivity index (χ2v) is 8.23. The van der Waals surface area contributed by atoms with E-state index in [9.17, 15) is 0 Å². The summed E-state index contributed by atoms with van der Waals surface area (Å²) in [6, 6.07) is 18.9. The van der Waals surface area contributed by atoms with E-state index in [0.717, 1.165) is 27.7 Å². The van der Waals surface area contributed by atoms with Crippen LogP contribution in [0.3, 0.4) is 0 Å². The lowest BCUT2D eigenvalue weighted by molar-refractivity contribution is 0.590. The van der Waals surface area contributed by atoms with E-state index in [1.54, 1.807) is 0 Å². The van der Waals surface area contributed by atoms with Gasteiger partial charge in [-0.25, -0.2) is 0 Å². The van der Waals surface area contributed by atoms with E-state index < -0.39 is 0 Å². The summed E-state index contributed by atoms with van der Waals surface area (Å²) in [5, 5.41) is 3.71. The molecule has 1 aromatic heterocycles. The fraction of sp³-hybridized carbons (Fsp3) is 0.182. The SMILES string of the molecule is CC(C)(C)c1ccc(-c2ccc3c(c2)[nH]c2ccccc23)c(Cl)c1Cl. The zero-order valence-electron chi connectivity index (χ0n) is 14.5. The number of aromatic nitrogens is 1. The van der Waals surface area contributed by atoms with E-state index in [1.165, 1.54) is 10.8 Å². The molecule has 0 unspecified atom stereocenters. The molecule has 0 aliphatic carbocycles. The molecule has 25 heavy (non-hydrogen) atoms. The predicted molar refractivity (Wildman–Crippen MR) is 110 cm³/mol.